The first-order valence-corrected chi connectivity index (χ1v) is 7.56. The number of hydrogen-bond donors (Lipinski definition) is 2. The van der Waals surface area contributed by atoms with Crippen LogP contribution in [0.15, 0.2) is 24.3 Å². The Balaban J connectivity index is 1.78. The average molecular weight is 316 g/mol. The maximum Gasteiger partial charge on any atom is 0.416 e. The number of nitrogens with one attached hydrogen (secondary N) is 2. The Labute approximate surface area is 128 Å². The summed E-state index contributed by atoms with van der Waals surface area (Å²) >= 11 is 5.22. The first-order valence-electron chi connectivity index (χ1n) is 7.15. The first-order chi connectivity index (χ1) is 9.95. The summed E-state index contributed by atoms with van der Waals surface area (Å²) in [4.78, 5) is 0. The van der Waals surface area contributed by atoms with Gasteiger partial charge < -0.3 is 10.6 Å². The SMILES string of the molecule is FC(F)(F)c1ccc(CNC(=S)NC2CCCCC2)cc1. The summed E-state index contributed by atoms with van der Waals surface area (Å²) in [5, 5.41) is 6.88. The zero-order valence-corrected chi connectivity index (χ0v) is 12.5. The molecule has 1 aromatic carbocycles. The van der Waals surface area contributed by atoms with E-state index in [-0.39, 0.29) is 0 Å². The molecule has 1 saturated carbocycles. The predicted molar refractivity (Wildman–Crippen MR) is 80.9 cm³/mol. The van der Waals surface area contributed by atoms with E-state index in [1.54, 1.807) is 0 Å². The number of rotatable bonds is 3. The van der Waals surface area contributed by atoms with E-state index in [1.807, 2.05) is 0 Å². The molecule has 0 aliphatic heterocycles. The third kappa shape index (κ3) is 5.19. The van der Waals surface area contributed by atoms with Crippen molar-refractivity contribution in [2.24, 2.45) is 0 Å². The van der Waals surface area contributed by atoms with Crippen LogP contribution in [-0.2, 0) is 12.7 Å². The second-order valence-corrected chi connectivity index (χ2v) is 5.76. The van der Waals surface area contributed by atoms with Gasteiger partial charge in [-0.15, -0.1) is 0 Å². The van der Waals surface area contributed by atoms with Gasteiger partial charge in [0.1, 0.15) is 0 Å². The highest BCUT2D eigenvalue weighted by atomic mass is 32.1. The van der Waals surface area contributed by atoms with Crippen molar-refractivity contribution in [3.63, 3.8) is 0 Å². The lowest BCUT2D eigenvalue weighted by Gasteiger charge is -2.24. The number of thiocarbonyl (C=S) groups is 1. The zero-order valence-electron chi connectivity index (χ0n) is 11.7. The van der Waals surface area contributed by atoms with Crippen LogP contribution in [0.1, 0.15) is 43.2 Å². The van der Waals surface area contributed by atoms with E-state index >= 15 is 0 Å². The molecule has 0 aromatic heterocycles. The molecule has 2 nitrogen and oxygen atoms in total. The van der Waals surface area contributed by atoms with Crippen LogP contribution in [0.4, 0.5) is 13.2 Å². The average Bonchev–Trinajstić information content (AvgIpc) is 2.46. The third-order valence-corrected chi connectivity index (χ3v) is 3.94. The van der Waals surface area contributed by atoms with Gasteiger partial charge in [0.2, 0.25) is 0 Å². The maximum atomic E-state index is 12.4. The van der Waals surface area contributed by atoms with Crippen molar-refractivity contribution in [3.05, 3.63) is 35.4 Å². The van der Waals surface area contributed by atoms with Gasteiger partial charge in [0, 0.05) is 12.6 Å². The summed E-state index contributed by atoms with van der Waals surface area (Å²) in [6.45, 7) is 0.427. The fraction of sp³-hybridized carbons (Fsp3) is 0.533. The van der Waals surface area contributed by atoms with Crippen molar-refractivity contribution >= 4 is 17.3 Å². The van der Waals surface area contributed by atoms with Gasteiger partial charge in [-0.1, -0.05) is 31.4 Å². The summed E-state index contributed by atoms with van der Waals surface area (Å²) in [5.41, 5.74) is 0.143. The molecule has 0 radical (unpaired) electrons. The topological polar surface area (TPSA) is 24.1 Å². The molecule has 1 aliphatic rings. The standard InChI is InChI=1S/C15H19F3N2S/c16-15(17,18)12-8-6-11(7-9-12)10-19-14(21)20-13-4-2-1-3-5-13/h6-9,13H,1-5,10H2,(H2,19,20,21). The number of alkyl halides is 3. The van der Waals surface area contributed by atoms with E-state index in [1.165, 1.54) is 31.4 Å². The van der Waals surface area contributed by atoms with E-state index in [0.717, 1.165) is 30.5 Å². The maximum absolute atomic E-state index is 12.4. The summed E-state index contributed by atoms with van der Waals surface area (Å²) in [6.07, 6.45) is 1.69. The van der Waals surface area contributed by atoms with Crippen molar-refractivity contribution in [2.45, 2.75) is 50.9 Å². The lowest BCUT2D eigenvalue weighted by Crippen LogP contribution is -2.42. The van der Waals surface area contributed by atoms with E-state index in [9.17, 15) is 13.2 Å². The fourth-order valence-electron chi connectivity index (χ4n) is 2.48. The quantitative estimate of drug-likeness (QED) is 0.824. The highest BCUT2D eigenvalue weighted by molar-refractivity contribution is 7.80. The summed E-state index contributed by atoms with van der Waals surface area (Å²) in [6, 6.07) is 5.55. The Morgan fingerprint density at radius 3 is 2.29 bits per heavy atom. The molecule has 0 bridgehead atoms. The molecule has 0 heterocycles. The molecule has 0 spiro atoms. The molecular formula is C15H19F3N2S. The Morgan fingerprint density at radius 1 is 1.10 bits per heavy atom. The van der Waals surface area contributed by atoms with Gasteiger partial charge in [-0.3, -0.25) is 0 Å². The molecule has 21 heavy (non-hydrogen) atoms. The second kappa shape index (κ2) is 7.11. The summed E-state index contributed by atoms with van der Waals surface area (Å²) in [5.74, 6) is 0. The number of benzene rings is 1. The van der Waals surface area contributed by atoms with Gasteiger partial charge in [0.25, 0.3) is 0 Å². The van der Waals surface area contributed by atoms with Crippen LogP contribution in [0.5, 0.6) is 0 Å². The number of hydrogen-bond acceptors (Lipinski definition) is 1. The zero-order chi connectivity index (χ0) is 15.3. The second-order valence-electron chi connectivity index (χ2n) is 5.36. The van der Waals surface area contributed by atoms with Crippen molar-refractivity contribution < 1.29 is 13.2 Å². The fourth-order valence-corrected chi connectivity index (χ4v) is 2.72. The molecule has 2 N–H and O–H groups in total. The van der Waals surface area contributed by atoms with Gasteiger partial charge in [-0.25, -0.2) is 0 Å². The van der Waals surface area contributed by atoms with Crippen molar-refractivity contribution in [1.82, 2.24) is 10.6 Å². The monoisotopic (exact) mass is 316 g/mol. The molecule has 1 fully saturated rings. The van der Waals surface area contributed by atoms with E-state index in [2.05, 4.69) is 10.6 Å². The van der Waals surface area contributed by atoms with E-state index in [0.29, 0.717) is 17.7 Å². The van der Waals surface area contributed by atoms with Crippen LogP contribution in [-0.4, -0.2) is 11.2 Å². The molecule has 2 rings (SSSR count). The van der Waals surface area contributed by atoms with E-state index < -0.39 is 11.7 Å². The van der Waals surface area contributed by atoms with Gasteiger partial charge >= 0.3 is 6.18 Å². The first kappa shape index (κ1) is 16.1. The van der Waals surface area contributed by atoms with Crippen molar-refractivity contribution in [1.29, 1.82) is 0 Å². The predicted octanol–water partition coefficient (Wildman–Crippen LogP) is 4.00. The lowest BCUT2D eigenvalue weighted by atomic mass is 9.96. The third-order valence-electron chi connectivity index (χ3n) is 3.67. The number of halogens is 3. The van der Waals surface area contributed by atoms with Crippen LogP contribution in [0.2, 0.25) is 0 Å². The minimum absolute atomic E-state index is 0.423. The van der Waals surface area contributed by atoms with Gasteiger partial charge in [-0.2, -0.15) is 13.2 Å². The molecule has 1 aromatic rings. The molecule has 6 heteroatoms. The largest absolute Gasteiger partial charge is 0.416 e. The minimum Gasteiger partial charge on any atom is -0.360 e. The molecular weight excluding hydrogens is 297 g/mol. The lowest BCUT2D eigenvalue weighted by molar-refractivity contribution is -0.137. The Hall–Kier alpha value is -1.30. The minimum atomic E-state index is -4.29. The van der Waals surface area contributed by atoms with Gasteiger partial charge in [0.05, 0.1) is 5.56 Å². The molecule has 0 atom stereocenters. The van der Waals surface area contributed by atoms with Gasteiger partial charge in [0.15, 0.2) is 5.11 Å². The smallest absolute Gasteiger partial charge is 0.360 e. The normalized spacial score (nSPS) is 16.5. The van der Waals surface area contributed by atoms with E-state index in [4.69, 9.17) is 12.2 Å². The molecule has 0 amide bonds. The Bertz CT molecular complexity index is 465. The molecule has 0 unspecified atom stereocenters. The summed E-state index contributed by atoms with van der Waals surface area (Å²) in [7, 11) is 0. The van der Waals surface area contributed by atoms with Crippen LogP contribution in [0.25, 0.3) is 0 Å². The van der Waals surface area contributed by atoms with Crippen LogP contribution in [0, 0.1) is 0 Å². The Kier molecular flexibility index (Phi) is 5.45. The van der Waals surface area contributed by atoms with Crippen LogP contribution in [0.3, 0.4) is 0 Å². The van der Waals surface area contributed by atoms with Crippen molar-refractivity contribution in [3.8, 4) is 0 Å². The van der Waals surface area contributed by atoms with Crippen molar-refractivity contribution in [2.75, 3.05) is 0 Å². The van der Waals surface area contributed by atoms with Crippen LogP contribution >= 0.6 is 12.2 Å². The molecule has 0 saturated heterocycles. The molecule has 1 aliphatic carbocycles. The van der Waals surface area contributed by atoms with Crippen LogP contribution < -0.4 is 10.6 Å². The van der Waals surface area contributed by atoms with Gasteiger partial charge in [-0.05, 0) is 42.8 Å². The Morgan fingerprint density at radius 2 is 1.71 bits per heavy atom. The summed E-state index contributed by atoms with van der Waals surface area (Å²) < 4.78 is 37.3. The highest BCUT2D eigenvalue weighted by Crippen LogP contribution is 2.29. The highest BCUT2D eigenvalue weighted by Gasteiger charge is 2.29. The molecule has 116 valence electrons.